The van der Waals surface area contributed by atoms with Gasteiger partial charge < -0.3 is 5.32 Å². The van der Waals surface area contributed by atoms with E-state index in [1.54, 1.807) is 12.1 Å². The third-order valence-corrected chi connectivity index (χ3v) is 4.32. The topological polar surface area (TPSA) is 81.0 Å². The Bertz CT molecular complexity index is 1110. The van der Waals surface area contributed by atoms with Gasteiger partial charge in [0.15, 0.2) is 5.82 Å². The van der Waals surface area contributed by atoms with Crippen molar-refractivity contribution < 1.29 is 4.92 Å². The molecule has 0 saturated heterocycles. The van der Waals surface area contributed by atoms with Gasteiger partial charge in [0.1, 0.15) is 5.69 Å². The first-order valence-corrected chi connectivity index (χ1v) is 8.50. The Morgan fingerprint density at radius 3 is 2.37 bits per heavy atom. The molecule has 27 heavy (non-hydrogen) atoms. The van der Waals surface area contributed by atoms with E-state index in [1.165, 1.54) is 12.1 Å². The van der Waals surface area contributed by atoms with E-state index in [4.69, 9.17) is 0 Å². The summed E-state index contributed by atoms with van der Waals surface area (Å²) in [6, 6.07) is 24.3. The lowest BCUT2D eigenvalue weighted by Gasteiger charge is -2.11. The molecule has 6 heteroatoms. The fraction of sp³-hybridized carbons (Fsp3) is 0.0476. The van der Waals surface area contributed by atoms with Crippen LogP contribution >= 0.6 is 0 Å². The number of nitrogens with one attached hydrogen (secondary N) is 1. The molecule has 0 aliphatic rings. The lowest BCUT2D eigenvalue weighted by atomic mass is 10.0. The molecule has 0 fully saturated rings. The van der Waals surface area contributed by atoms with Crippen LogP contribution in [0.2, 0.25) is 0 Å². The van der Waals surface area contributed by atoms with Gasteiger partial charge >= 0.3 is 0 Å². The van der Waals surface area contributed by atoms with Gasteiger partial charge in [0.2, 0.25) is 0 Å². The molecule has 0 saturated carbocycles. The second kappa shape index (κ2) is 7.21. The highest BCUT2D eigenvalue weighted by molar-refractivity contribution is 6.00. The molecule has 1 aromatic heterocycles. The molecule has 0 unspecified atom stereocenters. The van der Waals surface area contributed by atoms with Crippen LogP contribution in [0.25, 0.3) is 22.0 Å². The number of nitro benzene ring substituents is 1. The quantitative estimate of drug-likeness (QED) is 0.410. The number of aromatic nitrogens is 2. The van der Waals surface area contributed by atoms with Crippen LogP contribution in [0.3, 0.4) is 0 Å². The summed E-state index contributed by atoms with van der Waals surface area (Å²) in [5.41, 5.74) is 2.47. The van der Waals surface area contributed by atoms with Crippen LogP contribution in [-0.2, 0) is 6.54 Å². The highest BCUT2D eigenvalue weighted by atomic mass is 16.6. The van der Waals surface area contributed by atoms with Crippen molar-refractivity contribution in [3.05, 3.63) is 94.5 Å². The minimum absolute atomic E-state index is 0.0321. The first-order valence-electron chi connectivity index (χ1n) is 8.50. The van der Waals surface area contributed by atoms with Crippen LogP contribution in [0.5, 0.6) is 0 Å². The molecule has 0 spiro atoms. The molecule has 0 atom stereocenters. The average Bonchev–Trinajstić information content (AvgIpc) is 2.73. The maximum Gasteiger partial charge on any atom is 0.270 e. The Labute approximate surface area is 155 Å². The fourth-order valence-electron chi connectivity index (χ4n) is 3.00. The molecular weight excluding hydrogens is 340 g/mol. The molecule has 4 rings (SSSR count). The van der Waals surface area contributed by atoms with E-state index in [2.05, 4.69) is 15.5 Å². The predicted octanol–water partition coefficient (Wildman–Crippen LogP) is 4.82. The van der Waals surface area contributed by atoms with Crippen LogP contribution in [0.15, 0.2) is 78.9 Å². The normalized spacial score (nSPS) is 10.7. The first kappa shape index (κ1) is 16.7. The smallest absolute Gasteiger partial charge is 0.270 e. The summed E-state index contributed by atoms with van der Waals surface area (Å²) in [6.45, 7) is 0.635. The molecule has 0 bridgehead atoms. The first-order chi connectivity index (χ1) is 13.2. The summed E-state index contributed by atoms with van der Waals surface area (Å²) in [4.78, 5) is 10.7. The molecule has 0 aliphatic heterocycles. The van der Waals surface area contributed by atoms with Crippen LogP contribution in [-0.4, -0.2) is 15.1 Å². The molecule has 4 aromatic rings. The average molecular weight is 356 g/mol. The third kappa shape index (κ3) is 3.46. The zero-order valence-corrected chi connectivity index (χ0v) is 14.4. The van der Waals surface area contributed by atoms with E-state index in [0.717, 1.165) is 16.3 Å². The molecule has 6 nitrogen and oxygen atoms in total. The van der Waals surface area contributed by atoms with Gasteiger partial charge in [0.25, 0.3) is 5.69 Å². The zero-order valence-electron chi connectivity index (χ0n) is 14.4. The van der Waals surface area contributed by atoms with E-state index in [9.17, 15) is 10.1 Å². The van der Waals surface area contributed by atoms with Gasteiger partial charge in [-0.15, -0.1) is 10.2 Å². The van der Waals surface area contributed by atoms with Gasteiger partial charge in [-0.3, -0.25) is 10.1 Å². The summed E-state index contributed by atoms with van der Waals surface area (Å²) in [7, 11) is 0. The Morgan fingerprint density at radius 1 is 0.852 bits per heavy atom. The zero-order chi connectivity index (χ0) is 18.6. The maximum absolute atomic E-state index is 11.1. The van der Waals surface area contributed by atoms with E-state index < -0.39 is 4.92 Å². The van der Waals surface area contributed by atoms with Crippen molar-refractivity contribution >= 4 is 22.3 Å². The largest absolute Gasteiger partial charge is 0.364 e. The minimum atomic E-state index is -0.408. The SMILES string of the molecule is O=[N+]([O-])c1cccc(-c2nnc(NCc3ccccc3)c3ccccc23)c1. The number of nitro groups is 1. The lowest BCUT2D eigenvalue weighted by molar-refractivity contribution is -0.384. The molecular formula is C21H16N4O2. The van der Waals surface area contributed by atoms with Crippen LogP contribution in [0.1, 0.15) is 5.56 Å². The number of hydrogen-bond donors (Lipinski definition) is 1. The van der Waals surface area contributed by atoms with Crippen molar-refractivity contribution in [2.45, 2.75) is 6.54 Å². The van der Waals surface area contributed by atoms with Gasteiger partial charge in [0.05, 0.1) is 4.92 Å². The van der Waals surface area contributed by atoms with Gasteiger partial charge in [-0.2, -0.15) is 0 Å². The van der Waals surface area contributed by atoms with Crippen molar-refractivity contribution in [2.24, 2.45) is 0 Å². The number of fused-ring (bicyclic) bond motifs is 1. The predicted molar refractivity (Wildman–Crippen MR) is 105 cm³/mol. The number of nitrogens with zero attached hydrogens (tertiary/aromatic N) is 3. The lowest BCUT2D eigenvalue weighted by Crippen LogP contribution is -2.04. The van der Waals surface area contributed by atoms with Crippen molar-refractivity contribution in [3.8, 4) is 11.3 Å². The van der Waals surface area contributed by atoms with Crippen molar-refractivity contribution in [1.82, 2.24) is 10.2 Å². The molecule has 132 valence electrons. The van der Waals surface area contributed by atoms with Gasteiger partial charge in [-0.05, 0) is 5.56 Å². The van der Waals surface area contributed by atoms with E-state index in [0.29, 0.717) is 23.6 Å². The van der Waals surface area contributed by atoms with E-state index in [1.807, 2.05) is 54.6 Å². The number of non-ortho nitro benzene ring substituents is 1. The fourth-order valence-corrected chi connectivity index (χ4v) is 3.00. The molecule has 1 N–H and O–H groups in total. The highest BCUT2D eigenvalue weighted by Gasteiger charge is 2.13. The monoisotopic (exact) mass is 356 g/mol. The van der Waals surface area contributed by atoms with Gasteiger partial charge in [0, 0.05) is 35.0 Å². The number of rotatable bonds is 5. The summed E-state index contributed by atoms with van der Waals surface area (Å²) in [6.07, 6.45) is 0. The number of hydrogen-bond acceptors (Lipinski definition) is 5. The second-order valence-electron chi connectivity index (χ2n) is 6.09. The minimum Gasteiger partial charge on any atom is -0.364 e. The number of anilines is 1. The van der Waals surface area contributed by atoms with Crippen LogP contribution in [0.4, 0.5) is 11.5 Å². The molecule has 3 aromatic carbocycles. The Kier molecular flexibility index (Phi) is 4.45. The molecule has 0 amide bonds. The van der Waals surface area contributed by atoms with E-state index in [-0.39, 0.29) is 5.69 Å². The van der Waals surface area contributed by atoms with Crippen molar-refractivity contribution in [3.63, 3.8) is 0 Å². The van der Waals surface area contributed by atoms with Crippen LogP contribution in [0, 0.1) is 10.1 Å². The molecule has 1 heterocycles. The van der Waals surface area contributed by atoms with Crippen molar-refractivity contribution in [2.75, 3.05) is 5.32 Å². The summed E-state index contributed by atoms with van der Waals surface area (Å²) in [5, 5.41) is 24.9. The summed E-state index contributed by atoms with van der Waals surface area (Å²) in [5.74, 6) is 0.684. The summed E-state index contributed by atoms with van der Waals surface area (Å²) >= 11 is 0. The highest BCUT2D eigenvalue weighted by Crippen LogP contribution is 2.31. The second-order valence-corrected chi connectivity index (χ2v) is 6.09. The van der Waals surface area contributed by atoms with Crippen molar-refractivity contribution in [1.29, 1.82) is 0 Å². The van der Waals surface area contributed by atoms with Crippen LogP contribution < -0.4 is 5.32 Å². The van der Waals surface area contributed by atoms with Gasteiger partial charge in [-0.1, -0.05) is 66.7 Å². The molecule has 0 radical (unpaired) electrons. The molecule has 0 aliphatic carbocycles. The third-order valence-electron chi connectivity index (χ3n) is 4.32. The number of benzene rings is 3. The van der Waals surface area contributed by atoms with E-state index >= 15 is 0 Å². The Balaban J connectivity index is 1.74. The summed E-state index contributed by atoms with van der Waals surface area (Å²) < 4.78 is 0. The van der Waals surface area contributed by atoms with Gasteiger partial charge in [-0.25, -0.2) is 0 Å². The standard InChI is InChI=1S/C21H16N4O2/c26-25(27)17-10-6-9-16(13-17)20-18-11-4-5-12-19(18)21(24-23-20)22-14-15-7-2-1-3-8-15/h1-13H,14H2,(H,22,24). The maximum atomic E-state index is 11.1. The Hall–Kier alpha value is -3.80. The Morgan fingerprint density at radius 2 is 1.59 bits per heavy atom.